The molecule has 3 heterocycles. The van der Waals surface area contributed by atoms with E-state index in [-0.39, 0.29) is 17.6 Å². The number of rotatable bonds is 4. The topological polar surface area (TPSA) is 51.7 Å². The van der Waals surface area contributed by atoms with Gasteiger partial charge in [0.2, 0.25) is 11.8 Å². The second-order valence-electron chi connectivity index (χ2n) is 6.78. The van der Waals surface area contributed by atoms with Gasteiger partial charge in [-0.1, -0.05) is 19.9 Å². The molecule has 5 nitrogen and oxygen atoms in total. The van der Waals surface area contributed by atoms with E-state index in [1.54, 1.807) is 6.20 Å². The summed E-state index contributed by atoms with van der Waals surface area (Å²) < 4.78 is 11.9. The lowest BCUT2D eigenvalue weighted by Crippen LogP contribution is -2.67. The van der Waals surface area contributed by atoms with Crippen LogP contribution >= 0.6 is 0 Å². The second-order valence-corrected chi connectivity index (χ2v) is 6.78. The molecule has 2 fully saturated rings. The van der Waals surface area contributed by atoms with Gasteiger partial charge in [-0.05, 0) is 12.0 Å². The average Bonchev–Trinajstić information content (AvgIpc) is 2.45. The summed E-state index contributed by atoms with van der Waals surface area (Å²) in [7, 11) is 0. The molecule has 0 aliphatic carbocycles. The molecule has 0 unspecified atom stereocenters. The van der Waals surface area contributed by atoms with Crippen LogP contribution in [0.15, 0.2) is 24.4 Å². The number of amides is 1. The minimum absolute atomic E-state index is 0.117. The first kappa shape index (κ1) is 15.3. The molecule has 2 saturated heterocycles. The zero-order valence-corrected chi connectivity index (χ0v) is 13.3. The maximum Gasteiger partial charge on any atom is 0.223 e. The van der Waals surface area contributed by atoms with E-state index in [1.807, 2.05) is 23.1 Å². The molecule has 0 radical (unpaired) electrons. The second kappa shape index (κ2) is 6.24. The quantitative estimate of drug-likeness (QED) is 0.856. The van der Waals surface area contributed by atoms with Gasteiger partial charge < -0.3 is 14.4 Å². The summed E-state index contributed by atoms with van der Waals surface area (Å²) in [6, 6.07) is 5.68. The maximum absolute atomic E-state index is 12.1. The van der Waals surface area contributed by atoms with E-state index in [0.29, 0.717) is 37.9 Å². The highest BCUT2D eigenvalue weighted by atomic mass is 16.5. The summed E-state index contributed by atoms with van der Waals surface area (Å²) >= 11 is 0. The molecule has 22 heavy (non-hydrogen) atoms. The van der Waals surface area contributed by atoms with E-state index in [0.717, 1.165) is 12.8 Å². The molecule has 0 bridgehead atoms. The van der Waals surface area contributed by atoms with Crippen molar-refractivity contribution < 1.29 is 14.3 Å². The van der Waals surface area contributed by atoms with Crippen LogP contribution in [0.1, 0.15) is 33.1 Å². The van der Waals surface area contributed by atoms with Crippen molar-refractivity contribution in [1.29, 1.82) is 0 Å². The van der Waals surface area contributed by atoms with Crippen LogP contribution in [0.2, 0.25) is 0 Å². The Morgan fingerprint density at radius 3 is 3.00 bits per heavy atom. The van der Waals surface area contributed by atoms with E-state index in [1.165, 1.54) is 0 Å². The van der Waals surface area contributed by atoms with Crippen molar-refractivity contribution in [2.45, 2.75) is 44.8 Å². The standard InChI is InChI=1S/C17H24N2O3/c1-13(2)9-16(20)19-11-17(12-19)10-14(6-8-21-17)22-15-5-3-4-7-18-15/h3-5,7,13-14H,6,8-12H2,1-2H3/t14-/m1/s1. The number of pyridine rings is 1. The Hall–Kier alpha value is -1.62. The summed E-state index contributed by atoms with van der Waals surface area (Å²) in [5.41, 5.74) is -0.204. The van der Waals surface area contributed by atoms with Crippen molar-refractivity contribution in [3.05, 3.63) is 24.4 Å². The van der Waals surface area contributed by atoms with Crippen molar-refractivity contribution in [3.63, 3.8) is 0 Å². The highest BCUT2D eigenvalue weighted by Gasteiger charge is 2.49. The zero-order chi connectivity index (χ0) is 15.6. The molecule has 0 saturated carbocycles. The van der Waals surface area contributed by atoms with Crippen LogP contribution in [-0.2, 0) is 9.53 Å². The van der Waals surface area contributed by atoms with Gasteiger partial charge in [0.1, 0.15) is 11.7 Å². The van der Waals surface area contributed by atoms with Gasteiger partial charge in [0, 0.05) is 31.5 Å². The van der Waals surface area contributed by atoms with Gasteiger partial charge in [-0.2, -0.15) is 0 Å². The molecule has 120 valence electrons. The SMILES string of the molecule is CC(C)CC(=O)N1CC2(C[C@H](Oc3ccccn3)CCO2)C1. The summed E-state index contributed by atoms with van der Waals surface area (Å²) in [4.78, 5) is 18.2. The van der Waals surface area contributed by atoms with Crippen LogP contribution in [0.4, 0.5) is 0 Å². The Kier molecular flexibility index (Phi) is 4.34. The molecule has 0 N–H and O–H groups in total. The molecule has 1 aromatic heterocycles. The zero-order valence-electron chi connectivity index (χ0n) is 13.3. The fourth-order valence-corrected chi connectivity index (χ4v) is 3.20. The van der Waals surface area contributed by atoms with Gasteiger partial charge in [0.25, 0.3) is 0 Å². The Balaban J connectivity index is 1.53. The number of likely N-dealkylation sites (tertiary alicyclic amines) is 1. The molecule has 5 heteroatoms. The van der Waals surface area contributed by atoms with Crippen molar-refractivity contribution in [2.24, 2.45) is 5.92 Å². The Morgan fingerprint density at radius 2 is 2.32 bits per heavy atom. The van der Waals surface area contributed by atoms with Crippen molar-refractivity contribution in [1.82, 2.24) is 9.88 Å². The summed E-state index contributed by atoms with van der Waals surface area (Å²) in [6.07, 6.45) is 4.17. The van der Waals surface area contributed by atoms with Crippen LogP contribution in [0.5, 0.6) is 5.88 Å². The summed E-state index contributed by atoms with van der Waals surface area (Å²) in [5, 5.41) is 0. The summed E-state index contributed by atoms with van der Waals surface area (Å²) in [5.74, 6) is 1.30. The van der Waals surface area contributed by atoms with Gasteiger partial charge in [-0.25, -0.2) is 4.98 Å². The number of ether oxygens (including phenoxy) is 2. The van der Waals surface area contributed by atoms with Gasteiger partial charge in [0.15, 0.2) is 0 Å². The average molecular weight is 304 g/mol. The minimum Gasteiger partial charge on any atom is -0.474 e. The number of nitrogens with zero attached hydrogens (tertiary/aromatic N) is 2. The van der Waals surface area contributed by atoms with Crippen LogP contribution < -0.4 is 4.74 Å². The lowest BCUT2D eigenvalue weighted by atomic mass is 9.84. The Bertz CT molecular complexity index is 512. The minimum atomic E-state index is -0.204. The van der Waals surface area contributed by atoms with Crippen LogP contribution in [0, 0.1) is 5.92 Å². The molecule has 1 spiro atoms. The first-order valence-electron chi connectivity index (χ1n) is 8.06. The highest BCUT2D eigenvalue weighted by molar-refractivity contribution is 5.77. The Morgan fingerprint density at radius 1 is 1.50 bits per heavy atom. The molecule has 2 aliphatic rings. The fraction of sp³-hybridized carbons (Fsp3) is 0.647. The smallest absolute Gasteiger partial charge is 0.223 e. The van der Waals surface area contributed by atoms with Crippen molar-refractivity contribution in [2.75, 3.05) is 19.7 Å². The van der Waals surface area contributed by atoms with Crippen LogP contribution in [0.3, 0.4) is 0 Å². The van der Waals surface area contributed by atoms with Gasteiger partial charge in [-0.3, -0.25) is 4.79 Å². The van der Waals surface area contributed by atoms with E-state index in [4.69, 9.17) is 9.47 Å². The molecular weight excluding hydrogens is 280 g/mol. The maximum atomic E-state index is 12.1. The predicted octanol–water partition coefficient (Wildman–Crippen LogP) is 2.27. The Labute approximate surface area is 131 Å². The van der Waals surface area contributed by atoms with Crippen LogP contribution in [0.25, 0.3) is 0 Å². The number of aromatic nitrogens is 1. The van der Waals surface area contributed by atoms with Gasteiger partial charge in [-0.15, -0.1) is 0 Å². The molecule has 1 aromatic rings. The lowest BCUT2D eigenvalue weighted by molar-refractivity contribution is -0.193. The first-order valence-corrected chi connectivity index (χ1v) is 8.06. The van der Waals surface area contributed by atoms with Crippen molar-refractivity contribution in [3.8, 4) is 5.88 Å². The highest BCUT2D eigenvalue weighted by Crippen LogP contribution is 2.36. The molecular formula is C17H24N2O3. The molecule has 3 rings (SSSR count). The number of carbonyl (C=O) groups is 1. The third-order valence-electron chi connectivity index (χ3n) is 4.27. The normalized spacial score (nSPS) is 23.4. The summed E-state index contributed by atoms with van der Waals surface area (Å²) in [6.45, 7) is 6.22. The number of carbonyl (C=O) groups excluding carboxylic acids is 1. The van der Waals surface area contributed by atoms with E-state index in [2.05, 4.69) is 18.8 Å². The molecule has 0 aromatic carbocycles. The van der Waals surface area contributed by atoms with Crippen LogP contribution in [-0.4, -0.2) is 47.2 Å². The van der Waals surface area contributed by atoms with E-state index >= 15 is 0 Å². The van der Waals surface area contributed by atoms with Gasteiger partial charge in [0.05, 0.1) is 19.7 Å². The van der Waals surface area contributed by atoms with Crippen molar-refractivity contribution >= 4 is 5.91 Å². The number of hydrogen-bond acceptors (Lipinski definition) is 4. The largest absolute Gasteiger partial charge is 0.474 e. The van der Waals surface area contributed by atoms with E-state index in [9.17, 15) is 4.79 Å². The molecule has 1 amide bonds. The third-order valence-corrected chi connectivity index (χ3v) is 4.27. The fourth-order valence-electron chi connectivity index (χ4n) is 3.20. The lowest BCUT2D eigenvalue weighted by Gasteiger charge is -2.53. The first-order chi connectivity index (χ1) is 10.6. The molecule has 2 aliphatic heterocycles. The third kappa shape index (κ3) is 3.40. The monoisotopic (exact) mass is 304 g/mol. The number of hydrogen-bond donors (Lipinski definition) is 0. The molecule has 1 atom stereocenters. The van der Waals surface area contributed by atoms with E-state index < -0.39 is 0 Å². The predicted molar refractivity (Wildman–Crippen MR) is 82.6 cm³/mol. The van der Waals surface area contributed by atoms with Gasteiger partial charge >= 0.3 is 0 Å².